The SMILES string of the molecule is CC(C)C[C@H](NC(=O)[C@@H]1Cc2c([nH]c3ccccc23)[C@H]2c3ccccc3C(=O)N21)C(=O)N[C@H](C(=O)O)[C@H](C)O. The van der Waals surface area contributed by atoms with Crippen LogP contribution in [0.3, 0.4) is 0 Å². The number of aromatic amines is 1. The molecule has 0 radical (unpaired) electrons. The van der Waals surface area contributed by atoms with Crippen molar-refractivity contribution in [1.29, 1.82) is 0 Å². The van der Waals surface area contributed by atoms with E-state index < -0.39 is 48.1 Å². The summed E-state index contributed by atoms with van der Waals surface area (Å²) in [6, 6.07) is 11.1. The van der Waals surface area contributed by atoms with Gasteiger partial charge in [0.15, 0.2) is 6.04 Å². The predicted octanol–water partition coefficient (Wildman–Crippen LogP) is 2.12. The molecular weight excluding hydrogens is 500 g/mol. The molecular formula is C29H32N4O6. The van der Waals surface area contributed by atoms with E-state index in [9.17, 15) is 29.4 Å². The normalized spacial score (nSPS) is 20.1. The Labute approximate surface area is 225 Å². The molecule has 3 amide bonds. The molecule has 10 heteroatoms. The number of amides is 3. The average molecular weight is 533 g/mol. The molecule has 5 atom stereocenters. The largest absolute Gasteiger partial charge is 0.480 e. The molecule has 0 spiro atoms. The highest BCUT2D eigenvalue weighted by atomic mass is 16.4. The first-order chi connectivity index (χ1) is 18.6. The molecule has 3 heterocycles. The summed E-state index contributed by atoms with van der Waals surface area (Å²) in [4.78, 5) is 57.2. The second kappa shape index (κ2) is 10.2. The van der Waals surface area contributed by atoms with Crippen molar-refractivity contribution in [2.75, 3.05) is 0 Å². The minimum absolute atomic E-state index is 0.00660. The number of carbonyl (C=O) groups excluding carboxylic acids is 3. The van der Waals surface area contributed by atoms with Crippen LogP contribution in [0.15, 0.2) is 48.5 Å². The average Bonchev–Trinajstić information content (AvgIpc) is 3.41. The summed E-state index contributed by atoms with van der Waals surface area (Å²) in [5.74, 6) is -2.85. The fraction of sp³-hybridized carbons (Fsp3) is 0.379. The molecule has 5 N–H and O–H groups in total. The van der Waals surface area contributed by atoms with E-state index in [0.717, 1.165) is 27.7 Å². The molecule has 0 unspecified atom stereocenters. The first-order valence-electron chi connectivity index (χ1n) is 13.1. The van der Waals surface area contributed by atoms with E-state index in [1.807, 2.05) is 50.2 Å². The fourth-order valence-electron chi connectivity index (χ4n) is 5.75. The smallest absolute Gasteiger partial charge is 0.328 e. The van der Waals surface area contributed by atoms with E-state index in [-0.39, 0.29) is 24.7 Å². The van der Waals surface area contributed by atoms with Crippen LogP contribution < -0.4 is 10.6 Å². The Balaban J connectivity index is 1.50. The van der Waals surface area contributed by atoms with Gasteiger partial charge in [0.05, 0.1) is 12.1 Å². The lowest BCUT2D eigenvalue weighted by atomic mass is 9.89. The molecule has 0 fully saturated rings. The Hall–Kier alpha value is -4.18. The molecule has 0 saturated carbocycles. The number of nitrogens with one attached hydrogen (secondary N) is 3. The van der Waals surface area contributed by atoms with Crippen LogP contribution in [0.25, 0.3) is 10.9 Å². The number of nitrogens with zero attached hydrogens (tertiary/aromatic N) is 1. The summed E-state index contributed by atoms with van der Waals surface area (Å²) >= 11 is 0. The minimum Gasteiger partial charge on any atom is -0.480 e. The number of carboxylic acids is 1. The van der Waals surface area contributed by atoms with E-state index in [0.29, 0.717) is 5.56 Å². The van der Waals surface area contributed by atoms with Gasteiger partial charge in [-0.05, 0) is 42.5 Å². The van der Waals surface area contributed by atoms with Crippen LogP contribution in [0.2, 0.25) is 0 Å². The molecule has 10 nitrogen and oxygen atoms in total. The number of aromatic nitrogens is 1. The number of aliphatic carboxylic acids is 1. The highest BCUT2D eigenvalue weighted by Crippen LogP contribution is 2.46. The van der Waals surface area contributed by atoms with Crippen molar-refractivity contribution in [2.45, 2.75) is 63.9 Å². The maximum Gasteiger partial charge on any atom is 0.328 e. The van der Waals surface area contributed by atoms with E-state index in [1.165, 1.54) is 6.92 Å². The number of rotatable bonds is 8. The monoisotopic (exact) mass is 532 g/mol. The summed E-state index contributed by atoms with van der Waals surface area (Å²) in [5.41, 5.74) is 4.07. The maximum absolute atomic E-state index is 13.9. The quantitative estimate of drug-likeness (QED) is 0.300. The van der Waals surface area contributed by atoms with Crippen molar-refractivity contribution < 1.29 is 29.4 Å². The lowest BCUT2D eigenvalue weighted by Gasteiger charge is -2.38. The van der Waals surface area contributed by atoms with Crippen molar-refractivity contribution in [3.8, 4) is 0 Å². The summed E-state index contributed by atoms with van der Waals surface area (Å²) in [7, 11) is 0. The maximum atomic E-state index is 13.9. The van der Waals surface area contributed by atoms with Crippen molar-refractivity contribution in [3.05, 3.63) is 70.9 Å². The van der Waals surface area contributed by atoms with Gasteiger partial charge < -0.3 is 30.7 Å². The van der Waals surface area contributed by atoms with E-state index in [1.54, 1.807) is 17.0 Å². The molecule has 3 aromatic rings. The highest BCUT2D eigenvalue weighted by molar-refractivity contribution is 6.04. The molecule has 39 heavy (non-hydrogen) atoms. The zero-order chi connectivity index (χ0) is 28.0. The van der Waals surface area contributed by atoms with Gasteiger partial charge in [0.1, 0.15) is 12.1 Å². The van der Waals surface area contributed by atoms with Gasteiger partial charge in [-0.3, -0.25) is 14.4 Å². The van der Waals surface area contributed by atoms with Gasteiger partial charge in [-0.2, -0.15) is 0 Å². The van der Waals surface area contributed by atoms with E-state index in [4.69, 9.17) is 0 Å². The van der Waals surface area contributed by atoms with Crippen LogP contribution >= 0.6 is 0 Å². The second-order valence-electron chi connectivity index (χ2n) is 10.7. The molecule has 0 aliphatic carbocycles. The topological polar surface area (TPSA) is 152 Å². The lowest BCUT2D eigenvalue weighted by molar-refractivity contribution is -0.145. The fourth-order valence-corrected chi connectivity index (χ4v) is 5.75. The summed E-state index contributed by atoms with van der Waals surface area (Å²) in [6.07, 6.45) is -0.836. The minimum atomic E-state index is -1.52. The van der Waals surface area contributed by atoms with Crippen LogP contribution in [0.5, 0.6) is 0 Å². The molecule has 2 aromatic carbocycles. The Bertz CT molecular complexity index is 1460. The lowest BCUT2D eigenvalue weighted by Crippen LogP contribution is -2.59. The Kier molecular flexibility index (Phi) is 6.90. The van der Waals surface area contributed by atoms with Crippen LogP contribution in [0.4, 0.5) is 0 Å². The summed E-state index contributed by atoms with van der Waals surface area (Å²) in [6.45, 7) is 5.03. The third-order valence-corrected chi connectivity index (χ3v) is 7.54. The number of H-pyrrole nitrogens is 1. The van der Waals surface area contributed by atoms with Crippen LogP contribution in [0, 0.1) is 5.92 Å². The van der Waals surface area contributed by atoms with Gasteiger partial charge in [0.25, 0.3) is 5.91 Å². The third-order valence-electron chi connectivity index (χ3n) is 7.54. The number of hydrogen-bond donors (Lipinski definition) is 5. The van der Waals surface area contributed by atoms with Crippen LogP contribution in [-0.4, -0.2) is 68.0 Å². The van der Waals surface area contributed by atoms with Gasteiger partial charge in [0, 0.05) is 28.6 Å². The zero-order valence-corrected chi connectivity index (χ0v) is 22.0. The number of fused-ring (bicyclic) bond motifs is 7. The van der Waals surface area contributed by atoms with Crippen molar-refractivity contribution in [3.63, 3.8) is 0 Å². The van der Waals surface area contributed by atoms with Gasteiger partial charge in [-0.1, -0.05) is 50.2 Å². The zero-order valence-electron chi connectivity index (χ0n) is 22.0. The summed E-state index contributed by atoms with van der Waals surface area (Å²) in [5, 5.41) is 25.4. The standard InChI is InChI=1S/C29H32N4O6/c1-14(2)12-21(26(35)32-23(15(3)34)29(38)39)31-27(36)22-13-19-16-8-6-7-11-20(16)30-24(19)25-17-9-4-5-10-18(17)28(37)33(22)25/h4-11,14-15,21-23,25,30,34H,12-13H2,1-3H3,(H,31,36)(H,32,35)(H,38,39)/t15-,21-,22-,23-,25+/m0/s1. The highest BCUT2D eigenvalue weighted by Gasteiger charge is 2.49. The number of hydrogen-bond acceptors (Lipinski definition) is 5. The van der Waals surface area contributed by atoms with Gasteiger partial charge in [-0.25, -0.2) is 4.79 Å². The van der Waals surface area contributed by atoms with Gasteiger partial charge in [0.2, 0.25) is 11.8 Å². The summed E-state index contributed by atoms with van der Waals surface area (Å²) < 4.78 is 0. The predicted molar refractivity (Wildman–Crippen MR) is 143 cm³/mol. The second-order valence-corrected chi connectivity index (χ2v) is 10.7. The number of aliphatic hydroxyl groups is 1. The first-order valence-corrected chi connectivity index (χ1v) is 13.1. The Morgan fingerprint density at radius 3 is 2.44 bits per heavy atom. The molecule has 2 aliphatic rings. The first kappa shape index (κ1) is 26.4. The van der Waals surface area contributed by atoms with Crippen molar-refractivity contribution >= 4 is 34.6 Å². The van der Waals surface area contributed by atoms with Crippen molar-refractivity contribution in [2.24, 2.45) is 5.92 Å². The van der Waals surface area contributed by atoms with Crippen LogP contribution in [0.1, 0.15) is 60.4 Å². The molecule has 2 aliphatic heterocycles. The molecule has 0 saturated heterocycles. The number of carboxylic acid groups (broad SMARTS) is 1. The third kappa shape index (κ3) is 4.65. The van der Waals surface area contributed by atoms with E-state index in [2.05, 4.69) is 15.6 Å². The van der Waals surface area contributed by atoms with Gasteiger partial charge >= 0.3 is 5.97 Å². The van der Waals surface area contributed by atoms with Crippen LogP contribution in [-0.2, 0) is 20.8 Å². The van der Waals surface area contributed by atoms with Gasteiger partial charge in [-0.15, -0.1) is 0 Å². The molecule has 5 rings (SSSR count). The molecule has 204 valence electrons. The number of carbonyl (C=O) groups is 4. The number of para-hydroxylation sites is 1. The van der Waals surface area contributed by atoms with Crippen molar-refractivity contribution in [1.82, 2.24) is 20.5 Å². The Morgan fingerprint density at radius 2 is 1.74 bits per heavy atom. The molecule has 1 aromatic heterocycles. The molecule has 0 bridgehead atoms. The van der Waals surface area contributed by atoms with E-state index >= 15 is 0 Å². The number of benzene rings is 2. The number of aliphatic hydroxyl groups excluding tert-OH is 1. The Morgan fingerprint density at radius 1 is 1.05 bits per heavy atom.